The van der Waals surface area contributed by atoms with Crippen LogP contribution in [-0.2, 0) is 0 Å². The first-order chi connectivity index (χ1) is 8.63. The van der Waals surface area contributed by atoms with E-state index in [4.69, 9.17) is 4.74 Å². The summed E-state index contributed by atoms with van der Waals surface area (Å²) in [6.07, 6.45) is 2.50. The zero-order valence-electron chi connectivity index (χ0n) is 11.2. The number of nitrogens with zero attached hydrogens (tertiary/aromatic N) is 1. The molecule has 1 aromatic heterocycles. The molecule has 0 aliphatic carbocycles. The number of pyridine rings is 1. The molecule has 0 aliphatic rings. The second-order valence-corrected chi connectivity index (χ2v) is 4.27. The van der Waals surface area contributed by atoms with Crippen LogP contribution in [0, 0.1) is 0 Å². The van der Waals surface area contributed by atoms with Crippen LogP contribution in [0.5, 0.6) is 5.75 Å². The smallest absolute Gasteiger partial charge is 0.269 e. The number of rotatable bonds is 7. The predicted molar refractivity (Wildman–Crippen MR) is 70.9 cm³/mol. The molecule has 18 heavy (non-hydrogen) atoms. The minimum Gasteiger partial charge on any atom is -0.493 e. The molecule has 1 rings (SSSR count). The van der Waals surface area contributed by atoms with Crippen molar-refractivity contribution in [3.63, 3.8) is 0 Å². The van der Waals surface area contributed by atoms with Crippen molar-refractivity contribution in [2.24, 2.45) is 0 Å². The number of ether oxygens (including phenoxy) is 1. The van der Waals surface area contributed by atoms with Gasteiger partial charge in [0.25, 0.3) is 5.91 Å². The van der Waals surface area contributed by atoms with Gasteiger partial charge in [0.1, 0.15) is 11.4 Å². The Morgan fingerprint density at radius 2 is 2.28 bits per heavy atom. The SMILES string of the molecule is CNC(=O)c1cc(OCCCNC(C)C)ccn1. The van der Waals surface area contributed by atoms with Gasteiger partial charge in [-0.05, 0) is 19.0 Å². The molecule has 5 nitrogen and oxygen atoms in total. The van der Waals surface area contributed by atoms with E-state index in [9.17, 15) is 4.79 Å². The molecule has 0 aliphatic heterocycles. The van der Waals surface area contributed by atoms with Gasteiger partial charge in [0.05, 0.1) is 6.61 Å². The monoisotopic (exact) mass is 251 g/mol. The van der Waals surface area contributed by atoms with E-state index < -0.39 is 0 Å². The summed E-state index contributed by atoms with van der Waals surface area (Å²) >= 11 is 0. The van der Waals surface area contributed by atoms with Crippen LogP contribution in [0.15, 0.2) is 18.3 Å². The van der Waals surface area contributed by atoms with Crippen LogP contribution >= 0.6 is 0 Å². The highest BCUT2D eigenvalue weighted by atomic mass is 16.5. The van der Waals surface area contributed by atoms with Crippen molar-refractivity contribution in [3.8, 4) is 5.75 Å². The van der Waals surface area contributed by atoms with Gasteiger partial charge < -0.3 is 15.4 Å². The van der Waals surface area contributed by atoms with E-state index in [0.29, 0.717) is 24.1 Å². The highest BCUT2D eigenvalue weighted by Crippen LogP contribution is 2.11. The first-order valence-electron chi connectivity index (χ1n) is 6.18. The summed E-state index contributed by atoms with van der Waals surface area (Å²) in [7, 11) is 1.58. The van der Waals surface area contributed by atoms with Crippen molar-refractivity contribution in [3.05, 3.63) is 24.0 Å². The Labute approximate surface area is 108 Å². The first-order valence-corrected chi connectivity index (χ1v) is 6.18. The summed E-state index contributed by atoms with van der Waals surface area (Å²) in [5, 5.41) is 5.84. The molecule has 0 bridgehead atoms. The molecule has 1 aromatic rings. The molecule has 0 unspecified atom stereocenters. The van der Waals surface area contributed by atoms with Gasteiger partial charge in [-0.1, -0.05) is 13.8 Å². The first kappa shape index (κ1) is 14.4. The maximum atomic E-state index is 11.4. The minimum absolute atomic E-state index is 0.207. The fourth-order valence-corrected chi connectivity index (χ4v) is 1.41. The van der Waals surface area contributed by atoms with Crippen LogP contribution in [0.2, 0.25) is 0 Å². The number of amides is 1. The Balaban J connectivity index is 2.36. The van der Waals surface area contributed by atoms with Crippen LogP contribution in [0.4, 0.5) is 0 Å². The average molecular weight is 251 g/mol. The van der Waals surface area contributed by atoms with Crippen molar-refractivity contribution in [2.75, 3.05) is 20.2 Å². The second kappa shape index (κ2) is 7.66. The third-order valence-corrected chi connectivity index (χ3v) is 2.33. The number of carbonyl (C=O) groups is 1. The van der Waals surface area contributed by atoms with E-state index in [1.165, 1.54) is 0 Å². The van der Waals surface area contributed by atoms with Crippen molar-refractivity contribution in [1.29, 1.82) is 0 Å². The number of carbonyl (C=O) groups excluding carboxylic acids is 1. The van der Waals surface area contributed by atoms with Gasteiger partial charge in [0, 0.05) is 25.4 Å². The van der Waals surface area contributed by atoms with Gasteiger partial charge in [-0.3, -0.25) is 9.78 Å². The van der Waals surface area contributed by atoms with Crippen LogP contribution in [-0.4, -0.2) is 37.1 Å². The normalized spacial score (nSPS) is 10.4. The van der Waals surface area contributed by atoms with E-state index in [1.54, 1.807) is 25.4 Å². The summed E-state index contributed by atoms with van der Waals surface area (Å²) in [6.45, 7) is 5.76. The zero-order valence-corrected chi connectivity index (χ0v) is 11.2. The fraction of sp³-hybridized carbons (Fsp3) is 0.538. The number of nitrogens with one attached hydrogen (secondary N) is 2. The molecule has 100 valence electrons. The summed E-state index contributed by atoms with van der Waals surface area (Å²) in [5.74, 6) is 0.468. The van der Waals surface area contributed by atoms with Gasteiger partial charge in [-0.15, -0.1) is 0 Å². The predicted octanol–water partition coefficient (Wildman–Crippen LogP) is 1.21. The average Bonchev–Trinajstić information content (AvgIpc) is 2.37. The molecule has 5 heteroatoms. The standard InChI is InChI=1S/C13H21N3O2/c1-10(2)15-6-4-8-18-11-5-7-16-12(9-11)13(17)14-3/h5,7,9-10,15H,4,6,8H2,1-3H3,(H,14,17). The van der Waals surface area contributed by atoms with Crippen molar-refractivity contribution >= 4 is 5.91 Å². The van der Waals surface area contributed by atoms with Gasteiger partial charge in [0.15, 0.2) is 0 Å². The Hall–Kier alpha value is -1.62. The zero-order chi connectivity index (χ0) is 13.4. The molecule has 0 saturated heterocycles. The van der Waals surface area contributed by atoms with E-state index in [2.05, 4.69) is 29.5 Å². The molecule has 0 aromatic carbocycles. The van der Waals surface area contributed by atoms with Gasteiger partial charge in [-0.2, -0.15) is 0 Å². The maximum absolute atomic E-state index is 11.4. The largest absolute Gasteiger partial charge is 0.493 e. The summed E-state index contributed by atoms with van der Waals surface area (Å²) in [5.41, 5.74) is 0.371. The molecule has 0 saturated carbocycles. The van der Waals surface area contributed by atoms with Crippen LogP contribution in [0.3, 0.4) is 0 Å². The molecular weight excluding hydrogens is 230 g/mol. The molecule has 0 spiro atoms. The second-order valence-electron chi connectivity index (χ2n) is 4.27. The Morgan fingerprint density at radius 1 is 1.50 bits per heavy atom. The van der Waals surface area contributed by atoms with Crippen LogP contribution < -0.4 is 15.4 Å². The summed E-state index contributed by atoms with van der Waals surface area (Å²) < 4.78 is 5.56. The van der Waals surface area contributed by atoms with Crippen LogP contribution in [0.1, 0.15) is 30.8 Å². The van der Waals surface area contributed by atoms with Gasteiger partial charge >= 0.3 is 0 Å². The highest BCUT2D eigenvalue weighted by molar-refractivity contribution is 5.92. The lowest BCUT2D eigenvalue weighted by Crippen LogP contribution is -2.24. The summed E-state index contributed by atoms with van der Waals surface area (Å²) in [6, 6.07) is 3.89. The Morgan fingerprint density at radius 3 is 2.94 bits per heavy atom. The van der Waals surface area contributed by atoms with Crippen molar-refractivity contribution in [2.45, 2.75) is 26.3 Å². The van der Waals surface area contributed by atoms with Crippen LogP contribution in [0.25, 0.3) is 0 Å². The van der Waals surface area contributed by atoms with Crippen molar-refractivity contribution < 1.29 is 9.53 Å². The molecule has 0 fully saturated rings. The third kappa shape index (κ3) is 5.14. The number of hydrogen-bond donors (Lipinski definition) is 2. The molecule has 0 atom stereocenters. The third-order valence-electron chi connectivity index (χ3n) is 2.33. The highest BCUT2D eigenvalue weighted by Gasteiger charge is 2.05. The van der Waals surface area contributed by atoms with Crippen molar-refractivity contribution in [1.82, 2.24) is 15.6 Å². The lowest BCUT2D eigenvalue weighted by Gasteiger charge is -2.09. The fourth-order valence-electron chi connectivity index (χ4n) is 1.41. The molecule has 2 N–H and O–H groups in total. The number of aromatic nitrogens is 1. The Bertz CT molecular complexity index is 380. The molecule has 1 heterocycles. The molecule has 0 radical (unpaired) electrons. The summed E-state index contributed by atoms with van der Waals surface area (Å²) in [4.78, 5) is 15.4. The van der Waals surface area contributed by atoms with E-state index >= 15 is 0 Å². The molecule has 1 amide bonds. The quantitative estimate of drug-likeness (QED) is 0.715. The Kier molecular flexibility index (Phi) is 6.14. The lowest BCUT2D eigenvalue weighted by molar-refractivity contribution is 0.0957. The number of hydrogen-bond acceptors (Lipinski definition) is 4. The minimum atomic E-state index is -0.207. The van der Waals surface area contributed by atoms with E-state index in [0.717, 1.165) is 13.0 Å². The molecular formula is C13H21N3O2. The topological polar surface area (TPSA) is 63.2 Å². The van der Waals surface area contributed by atoms with E-state index in [1.807, 2.05) is 0 Å². The van der Waals surface area contributed by atoms with E-state index in [-0.39, 0.29) is 5.91 Å². The maximum Gasteiger partial charge on any atom is 0.269 e. The van der Waals surface area contributed by atoms with Gasteiger partial charge in [-0.25, -0.2) is 0 Å². The lowest BCUT2D eigenvalue weighted by atomic mass is 10.3. The van der Waals surface area contributed by atoms with Gasteiger partial charge in [0.2, 0.25) is 0 Å².